The van der Waals surface area contributed by atoms with Crippen LogP contribution in [0.2, 0.25) is 0 Å². The molecule has 15 aromatic rings. The van der Waals surface area contributed by atoms with Crippen LogP contribution in [0.1, 0.15) is 5.56 Å². The molecule has 0 aliphatic heterocycles. The zero-order valence-electron chi connectivity index (χ0n) is 43.5. The second-order valence-electron chi connectivity index (χ2n) is 20.3. The number of nitrogens with zero attached hydrogens (tertiary/aromatic N) is 6. The monoisotopic (exact) mass is 1010 g/mol. The van der Waals surface area contributed by atoms with Gasteiger partial charge in [0.05, 0.1) is 44.5 Å². The zero-order chi connectivity index (χ0) is 52.4. The summed E-state index contributed by atoms with van der Waals surface area (Å²) in [5.41, 5.74) is 21.0. The lowest BCUT2D eigenvalue weighted by molar-refractivity contribution is 1.24. The van der Waals surface area contributed by atoms with E-state index in [1.165, 1.54) is 5.56 Å². The molecular formula is C73H52N6. The molecule has 3 heterocycles. The molecule has 0 aliphatic carbocycles. The minimum Gasteiger partial charge on any atom is -0.310 e. The lowest BCUT2D eigenvalue weighted by Gasteiger charge is -2.28. The van der Waals surface area contributed by atoms with Crippen LogP contribution in [-0.4, -0.2) is 8.80 Å². The number of aromatic nitrogens is 2. The first-order valence-electron chi connectivity index (χ1n) is 27.0. The molecule has 12 aromatic carbocycles. The third-order valence-corrected chi connectivity index (χ3v) is 15.6. The molecule has 0 bridgehead atoms. The van der Waals surface area contributed by atoms with Gasteiger partial charge in [0.2, 0.25) is 0 Å². The smallest absolute Gasteiger partial charge is 0.0804 e. The molecule has 6 heteroatoms. The Balaban J connectivity index is 1.11. The predicted octanol–water partition coefficient (Wildman–Crippen LogP) is 20.4. The van der Waals surface area contributed by atoms with Crippen LogP contribution in [0.5, 0.6) is 0 Å². The Morgan fingerprint density at radius 3 is 0.785 bits per heavy atom. The molecule has 0 saturated carbocycles. The summed E-state index contributed by atoms with van der Waals surface area (Å²) in [6, 6.07) is 108. The van der Waals surface area contributed by atoms with E-state index in [4.69, 9.17) is 0 Å². The third-order valence-electron chi connectivity index (χ3n) is 15.6. The van der Waals surface area contributed by atoms with E-state index >= 15 is 0 Å². The van der Waals surface area contributed by atoms with Gasteiger partial charge in [-0.05, 0) is 165 Å². The van der Waals surface area contributed by atoms with E-state index in [2.05, 4.69) is 333 Å². The second-order valence-corrected chi connectivity index (χ2v) is 20.3. The fourth-order valence-electron chi connectivity index (χ4n) is 12.2. The van der Waals surface area contributed by atoms with Gasteiger partial charge >= 0.3 is 0 Å². The van der Waals surface area contributed by atoms with Gasteiger partial charge in [0.25, 0.3) is 0 Å². The number of para-hydroxylation sites is 7. The largest absolute Gasteiger partial charge is 0.310 e. The van der Waals surface area contributed by atoms with Crippen molar-refractivity contribution in [3.8, 4) is 0 Å². The molecule has 0 N–H and O–H groups in total. The molecule has 0 amide bonds. The van der Waals surface area contributed by atoms with Gasteiger partial charge in [-0.2, -0.15) is 0 Å². The van der Waals surface area contributed by atoms with Crippen LogP contribution in [0.3, 0.4) is 0 Å². The highest BCUT2D eigenvalue weighted by atomic mass is 15.2. The third kappa shape index (κ3) is 7.56. The maximum absolute atomic E-state index is 2.56. The van der Waals surface area contributed by atoms with Crippen molar-refractivity contribution in [2.75, 3.05) is 19.6 Å². The zero-order valence-corrected chi connectivity index (χ0v) is 43.5. The Labute approximate surface area is 458 Å². The fourth-order valence-corrected chi connectivity index (χ4v) is 12.2. The van der Waals surface area contributed by atoms with E-state index < -0.39 is 0 Å². The highest BCUT2D eigenvalue weighted by molar-refractivity contribution is 6.28. The normalized spacial score (nSPS) is 11.6. The van der Waals surface area contributed by atoms with Crippen molar-refractivity contribution in [3.05, 3.63) is 303 Å². The number of anilines is 12. The highest BCUT2D eigenvalue weighted by Gasteiger charge is 2.29. The quantitative estimate of drug-likeness (QED) is 0.114. The summed E-state index contributed by atoms with van der Waals surface area (Å²) in [6.45, 7) is 2.16. The van der Waals surface area contributed by atoms with Crippen LogP contribution in [0.4, 0.5) is 68.2 Å². The standard InChI is InChI=1S/C73H52N6/c1-51-37-39-59(40-38-51)77(58-35-21-8-22-36-58)67-46-48-69-73-71(67)63-50-61(75(54-27-13-4-14-28-54)55-29-15-5-16-30-55)42-44-65(63)79(73)68-47-45-66(76(56-31-17-6-18-32-56)57-33-19-7-20-34-57)70-62-49-60(41-43-64(62)78(69)72(68)70)74(52-23-9-2-10-24-52)53-25-11-3-12-26-53/h2-50H,1H3. The van der Waals surface area contributed by atoms with E-state index in [9.17, 15) is 0 Å². The van der Waals surface area contributed by atoms with Gasteiger partial charge in [-0.25, -0.2) is 0 Å². The maximum atomic E-state index is 2.56. The number of hydrogen-bond donors (Lipinski definition) is 0. The molecule has 0 atom stereocenters. The fraction of sp³-hybridized carbons (Fsp3) is 0.0137. The number of fused-ring (bicyclic) bond motifs is 8. The number of rotatable bonds is 12. The van der Waals surface area contributed by atoms with Crippen LogP contribution >= 0.6 is 0 Å². The lowest BCUT2D eigenvalue weighted by atomic mass is 10.1. The van der Waals surface area contributed by atoms with Gasteiger partial charge in [-0.3, -0.25) is 0 Å². The first-order valence-corrected chi connectivity index (χ1v) is 27.0. The Kier molecular flexibility index (Phi) is 11.0. The maximum Gasteiger partial charge on any atom is 0.0804 e. The summed E-state index contributed by atoms with van der Waals surface area (Å²) < 4.78 is 5.12. The van der Waals surface area contributed by atoms with E-state index in [0.717, 1.165) is 123 Å². The second kappa shape index (κ2) is 18.9. The van der Waals surface area contributed by atoms with Crippen LogP contribution in [-0.2, 0) is 0 Å². The van der Waals surface area contributed by atoms with Crippen molar-refractivity contribution < 1.29 is 0 Å². The van der Waals surface area contributed by atoms with E-state index in [1.54, 1.807) is 0 Å². The summed E-state index contributed by atoms with van der Waals surface area (Å²) in [6.07, 6.45) is 0. The lowest BCUT2D eigenvalue weighted by Crippen LogP contribution is -2.11. The Bertz CT molecular complexity index is 4520. The summed E-state index contributed by atoms with van der Waals surface area (Å²) >= 11 is 0. The molecule has 0 aliphatic rings. The van der Waals surface area contributed by atoms with Gasteiger partial charge < -0.3 is 28.4 Å². The molecular weight excluding hydrogens is 961 g/mol. The van der Waals surface area contributed by atoms with Gasteiger partial charge in [-0.15, -0.1) is 0 Å². The molecule has 374 valence electrons. The number of benzene rings is 12. The average Bonchev–Trinajstić information content (AvgIpc) is 2.45. The van der Waals surface area contributed by atoms with Crippen molar-refractivity contribution >= 4 is 123 Å². The summed E-state index contributed by atoms with van der Waals surface area (Å²) in [4.78, 5) is 9.61. The first-order chi connectivity index (χ1) is 39.2. The summed E-state index contributed by atoms with van der Waals surface area (Å²) in [7, 11) is 0. The Morgan fingerprint density at radius 1 is 0.228 bits per heavy atom. The summed E-state index contributed by atoms with van der Waals surface area (Å²) in [5.74, 6) is 0. The van der Waals surface area contributed by atoms with Crippen molar-refractivity contribution in [1.29, 1.82) is 0 Å². The highest BCUT2D eigenvalue weighted by Crippen LogP contribution is 2.52. The van der Waals surface area contributed by atoms with Crippen molar-refractivity contribution in [2.24, 2.45) is 0 Å². The number of hydrogen-bond acceptors (Lipinski definition) is 4. The van der Waals surface area contributed by atoms with Crippen molar-refractivity contribution in [1.82, 2.24) is 8.80 Å². The predicted molar refractivity (Wildman–Crippen MR) is 333 cm³/mol. The van der Waals surface area contributed by atoms with Gasteiger partial charge in [0.1, 0.15) is 0 Å². The van der Waals surface area contributed by atoms with Crippen LogP contribution in [0, 0.1) is 6.92 Å². The van der Waals surface area contributed by atoms with E-state index in [-0.39, 0.29) is 0 Å². The minimum atomic E-state index is 1.07. The molecule has 15 rings (SSSR count). The van der Waals surface area contributed by atoms with Gasteiger partial charge in [0.15, 0.2) is 0 Å². The first kappa shape index (κ1) is 45.8. The Hall–Kier alpha value is -10.6. The molecule has 0 fully saturated rings. The number of aryl methyl sites for hydroxylation is 1. The van der Waals surface area contributed by atoms with Gasteiger partial charge in [0, 0.05) is 78.4 Å². The molecule has 0 unspecified atom stereocenters. The average molecular weight is 1010 g/mol. The topological polar surface area (TPSA) is 21.8 Å². The molecule has 0 saturated heterocycles. The molecule has 6 nitrogen and oxygen atoms in total. The van der Waals surface area contributed by atoms with E-state index in [1.807, 2.05) is 0 Å². The molecule has 0 spiro atoms. The Morgan fingerprint density at radius 2 is 0.481 bits per heavy atom. The molecule has 3 aromatic heterocycles. The van der Waals surface area contributed by atoms with Crippen molar-refractivity contribution in [2.45, 2.75) is 6.92 Å². The van der Waals surface area contributed by atoms with Gasteiger partial charge in [-0.1, -0.05) is 145 Å². The van der Waals surface area contributed by atoms with Crippen LogP contribution in [0.15, 0.2) is 297 Å². The minimum absolute atomic E-state index is 1.07. The van der Waals surface area contributed by atoms with E-state index in [0.29, 0.717) is 0 Å². The molecule has 0 radical (unpaired) electrons. The summed E-state index contributed by atoms with van der Waals surface area (Å²) in [5, 5.41) is 4.63. The van der Waals surface area contributed by atoms with Crippen molar-refractivity contribution in [3.63, 3.8) is 0 Å². The van der Waals surface area contributed by atoms with Crippen LogP contribution in [0.25, 0.3) is 54.6 Å². The van der Waals surface area contributed by atoms with Crippen LogP contribution < -0.4 is 19.6 Å². The molecule has 79 heavy (non-hydrogen) atoms. The SMILES string of the molecule is Cc1ccc(N(c2ccccc2)c2ccc3c4c2c2cc(N(c5ccccc5)c5ccccc5)ccc2n4c2ccc(N(c4ccccc4)c4ccccc4)c4c5cc(N(c6ccccc6)c6ccccc6)ccc5n3c42)cc1.